The minimum absolute atomic E-state index is 0.00370. The summed E-state index contributed by atoms with van der Waals surface area (Å²) in [6.45, 7) is 9.26. The summed E-state index contributed by atoms with van der Waals surface area (Å²) < 4.78 is 0. The second kappa shape index (κ2) is 4.18. The SMILES string of the molecule is Cc1c(C)c(C2(C)CCCN2)c(C)c(Cl)c1O. The molecule has 1 aromatic rings. The van der Waals surface area contributed by atoms with E-state index >= 15 is 0 Å². The monoisotopic (exact) mass is 253 g/mol. The first kappa shape index (κ1) is 12.7. The smallest absolute Gasteiger partial charge is 0.137 e. The maximum absolute atomic E-state index is 9.97. The number of hydrogen-bond acceptors (Lipinski definition) is 2. The Kier molecular flexibility index (Phi) is 3.13. The van der Waals surface area contributed by atoms with Crippen LogP contribution in [0, 0.1) is 20.8 Å². The number of benzene rings is 1. The van der Waals surface area contributed by atoms with Gasteiger partial charge in [0.1, 0.15) is 5.75 Å². The van der Waals surface area contributed by atoms with Crippen molar-refractivity contribution in [1.82, 2.24) is 5.32 Å². The summed E-state index contributed by atoms with van der Waals surface area (Å²) in [4.78, 5) is 0. The average molecular weight is 254 g/mol. The van der Waals surface area contributed by atoms with Crippen LogP contribution in [0.2, 0.25) is 5.02 Å². The van der Waals surface area contributed by atoms with Gasteiger partial charge in [0.2, 0.25) is 0 Å². The Hall–Kier alpha value is -0.730. The molecule has 17 heavy (non-hydrogen) atoms. The van der Waals surface area contributed by atoms with Crippen LogP contribution in [0.4, 0.5) is 0 Å². The molecule has 2 N–H and O–H groups in total. The molecule has 0 aromatic heterocycles. The molecule has 2 rings (SSSR count). The van der Waals surface area contributed by atoms with Crippen LogP contribution in [0.5, 0.6) is 5.75 Å². The standard InChI is InChI=1S/C14H20ClNO/c1-8-9(2)13(17)12(15)10(3)11(8)14(4)6-5-7-16-14/h16-17H,5-7H2,1-4H3. The molecule has 3 heteroatoms. The third-order valence-corrected chi connectivity index (χ3v) is 4.59. The molecule has 0 aliphatic carbocycles. The fraction of sp³-hybridized carbons (Fsp3) is 0.571. The second-order valence-electron chi connectivity index (χ2n) is 5.28. The normalized spacial score (nSPS) is 24.3. The van der Waals surface area contributed by atoms with Gasteiger partial charge < -0.3 is 10.4 Å². The highest BCUT2D eigenvalue weighted by atomic mass is 35.5. The fourth-order valence-electron chi connectivity index (χ4n) is 3.03. The average Bonchev–Trinajstić information content (AvgIpc) is 2.71. The molecule has 0 saturated carbocycles. The molecule has 1 atom stereocenters. The summed E-state index contributed by atoms with van der Waals surface area (Å²) >= 11 is 6.22. The van der Waals surface area contributed by atoms with Gasteiger partial charge in [-0.15, -0.1) is 0 Å². The molecule has 1 saturated heterocycles. The molecular weight excluding hydrogens is 234 g/mol. The van der Waals surface area contributed by atoms with Crippen molar-refractivity contribution in [3.8, 4) is 5.75 Å². The highest BCUT2D eigenvalue weighted by Gasteiger charge is 2.34. The van der Waals surface area contributed by atoms with Gasteiger partial charge >= 0.3 is 0 Å². The lowest BCUT2D eigenvalue weighted by atomic mass is 9.82. The number of halogens is 1. The molecule has 1 unspecified atom stereocenters. The molecule has 1 heterocycles. The molecular formula is C14H20ClNO. The first-order valence-corrected chi connectivity index (χ1v) is 6.50. The summed E-state index contributed by atoms with van der Waals surface area (Å²) in [7, 11) is 0. The number of rotatable bonds is 1. The van der Waals surface area contributed by atoms with Crippen LogP contribution in [0.25, 0.3) is 0 Å². The Morgan fingerprint density at radius 1 is 1.18 bits per heavy atom. The van der Waals surface area contributed by atoms with E-state index in [0.29, 0.717) is 5.02 Å². The first-order valence-electron chi connectivity index (χ1n) is 6.12. The van der Waals surface area contributed by atoms with Crippen molar-refractivity contribution in [2.75, 3.05) is 6.54 Å². The highest BCUT2D eigenvalue weighted by Crippen LogP contribution is 2.42. The topological polar surface area (TPSA) is 32.3 Å². The third-order valence-electron chi connectivity index (χ3n) is 4.13. The lowest BCUT2D eigenvalue weighted by Crippen LogP contribution is -2.35. The molecule has 0 spiro atoms. The molecule has 2 nitrogen and oxygen atoms in total. The summed E-state index contributed by atoms with van der Waals surface area (Å²) in [5.41, 5.74) is 4.31. The van der Waals surface area contributed by atoms with E-state index in [1.807, 2.05) is 13.8 Å². The van der Waals surface area contributed by atoms with E-state index in [2.05, 4.69) is 19.2 Å². The van der Waals surface area contributed by atoms with Crippen molar-refractivity contribution >= 4 is 11.6 Å². The van der Waals surface area contributed by atoms with E-state index in [-0.39, 0.29) is 11.3 Å². The molecule has 0 amide bonds. The van der Waals surface area contributed by atoms with Gasteiger partial charge in [-0.3, -0.25) is 0 Å². The Morgan fingerprint density at radius 3 is 2.35 bits per heavy atom. The van der Waals surface area contributed by atoms with Gasteiger partial charge in [0.25, 0.3) is 0 Å². The van der Waals surface area contributed by atoms with Crippen LogP contribution in [0.15, 0.2) is 0 Å². The van der Waals surface area contributed by atoms with Crippen LogP contribution < -0.4 is 5.32 Å². The summed E-state index contributed by atoms with van der Waals surface area (Å²) in [5, 5.41) is 14.0. The van der Waals surface area contributed by atoms with Gasteiger partial charge in [0.05, 0.1) is 5.02 Å². The van der Waals surface area contributed by atoms with Crippen molar-refractivity contribution in [2.45, 2.75) is 46.1 Å². The maximum Gasteiger partial charge on any atom is 0.137 e. The van der Waals surface area contributed by atoms with E-state index in [0.717, 1.165) is 29.7 Å². The quantitative estimate of drug-likeness (QED) is 0.802. The van der Waals surface area contributed by atoms with Crippen molar-refractivity contribution in [1.29, 1.82) is 0 Å². The van der Waals surface area contributed by atoms with Crippen LogP contribution in [0.1, 0.15) is 42.0 Å². The highest BCUT2D eigenvalue weighted by molar-refractivity contribution is 6.33. The van der Waals surface area contributed by atoms with Crippen LogP contribution >= 0.6 is 11.6 Å². The fourth-order valence-corrected chi connectivity index (χ4v) is 3.27. The van der Waals surface area contributed by atoms with Gasteiger partial charge in [-0.1, -0.05) is 11.6 Å². The van der Waals surface area contributed by atoms with Crippen molar-refractivity contribution in [2.24, 2.45) is 0 Å². The zero-order valence-corrected chi connectivity index (χ0v) is 11.7. The Balaban J connectivity index is 2.69. The lowest BCUT2D eigenvalue weighted by Gasteiger charge is -2.30. The number of phenols is 1. The van der Waals surface area contributed by atoms with E-state index in [9.17, 15) is 5.11 Å². The van der Waals surface area contributed by atoms with Crippen LogP contribution in [-0.4, -0.2) is 11.7 Å². The van der Waals surface area contributed by atoms with Gasteiger partial charge in [-0.2, -0.15) is 0 Å². The first-order chi connectivity index (χ1) is 7.88. The molecule has 1 aromatic carbocycles. The predicted octanol–water partition coefficient (Wildman–Crippen LogP) is 3.57. The van der Waals surface area contributed by atoms with Gasteiger partial charge in [-0.25, -0.2) is 0 Å². The lowest BCUT2D eigenvalue weighted by molar-refractivity contribution is 0.425. The number of hydrogen-bond donors (Lipinski definition) is 2. The second-order valence-corrected chi connectivity index (χ2v) is 5.65. The summed E-state index contributed by atoms with van der Waals surface area (Å²) in [6.07, 6.45) is 2.31. The minimum Gasteiger partial charge on any atom is -0.506 e. The van der Waals surface area contributed by atoms with Crippen LogP contribution in [-0.2, 0) is 5.54 Å². The summed E-state index contributed by atoms with van der Waals surface area (Å²) in [6, 6.07) is 0. The Morgan fingerprint density at radius 2 is 1.82 bits per heavy atom. The van der Waals surface area contributed by atoms with Gasteiger partial charge in [-0.05, 0) is 69.3 Å². The van der Waals surface area contributed by atoms with Gasteiger partial charge in [0, 0.05) is 5.54 Å². The minimum atomic E-state index is -0.00370. The van der Waals surface area contributed by atoms with Crippen molar-refractivity contribution in [3.63, 3.8) is 0 Å². The van der Waals surface area contributed by atoms with Crippen molar-refractivity contribution in [3.05, 3.63) is 27.3 Å². The van der Waals surface area contributed by atoms with E-state index in [1.165, 1.54) is 12.0 Å². The largest absolute Gasteiger partial charge is 0.506 e. The maximum atomic E-state index is 9.97. The molecule has 0 bridgehead atoms. The molecule has 1 fully saturated rings. The third kappa shape index (κ3) is 1.84. The zero-order valence-electron chi connectivity index (χ0n) is 10.9. The van der Waals surface area contributed by atoms with E-state index in [1.54, 1.807) is 0 Å². The van der Waals surface area contributed by atoms with Gasteiger partial charge in [0.15, 0.2) is 0 Å². The number of aromatic hydroxyl groups is 1. The molecule has 94 valence electrons. The summed E-state index contributed by atoms with van der Waals surface area (Å²) in [5.74, 6) is 0.229. The van der Waals surface area contributed by atoms with E-state index in [4.69, 9.17) is 11.6 Å². The Labute approximate surface area is 108 Å². The van der Waals surface area contributed by atoms with Crippen molar-refractivity contribution < 1.29 is 5.11 Å². The van der Waals surface area contributed by atoms with Crippen LogP contribution in [0.3, 0.4) is 0 Å². The zero-order chi connectivity index (χ0) is 12.8. The predicted molar refractivity (Wildman–Crippen MR) is 71.9 cm³/mol. The molecule has 1 aliphatic heterocycles. The number of phenolic OH excluding ortho intramolecular Hbond substituents is 1. The molecule has 0 radical (unpaired) electrons. The Bertz CT molecular complexity index is 433. The number of nitrogens with one attached hydrogen (secondary N) is 1. The van der Waals surface area contributed by atoms with E-state index < -0.39 is 0 Å². The molecule has 1 aliphatic rings.